The first-order valence-electron chi connectivity index (χ1n) is 5.00. The first-order chi connectivity index (χ1) is 8.99. The summed E-state index contributed by atoms with van der Waals surface area (Å²) in [6.45, 7) is 0. The van der Waals surface area contributed by atoms with Crippen molar-refractivity contribution >= 4 is 33.3 Å². The van der Waals surface area contributed by atoms with Gasteiger partial charge in [0.1, 0.15) is 0 Å². The van der Waals surface area contributed by atoms with Gasteiger partial charge >= 0.3 is 18.2 Å². The Labute approximate surface area is 113 Å². The van der Waals surface area contributed by atoms with Crippen LogP contribution in [-0.2, 0) is 4.79 Å². The van der Waals surface area contributed by atoms with E-state index in [1.807, 2.05) is 5.43 Å². The van der Waals surface area contributed by atoms with Gasteiger partial charge in [0.15, 0.2) is 0 Å². The molecule has 9 heteroatoms. The topological polar surface area (TPSA) is 75.5 Å². The largest absolute Gasteiger partial charge is 0.317 e. The van der Waals surface area contributed by atoms with Crippen LogP contribution in [0.3, 0.4) is 0 Å². The second kappa shape index (κ2) is 5.31. The number of alkyl halides is 2. The molecule has 19 heavy (non-hydrogen) atoms. The molecular formula is C10H7BrF2N4O2. The Hall–Kier alpha value is -2.03. The molecule has 2 aromatic rings. The Kier molecular flexibility index (Phi) is 3.74. The molecule has 0 aromatic carbocycles. The quantitative estimate of drug-likeness (QED) is 0.809. The number of fused-ring (bicyclic) bond motifs is 1. The lowest BCUT2D eigenvalue weighted by Gasteiger charge is -2.06. The molecule has 2 rings (SSSR count). The number of carbonyl (C=O) groups excluding carboxylic acids is 2. The first kappa shape index (κ1) is 13.4. The minimum absolute atomic E-state index is 0.0362. The maximum absolute atomic E-state index is 11.9. The van der Waals surface area contributed by atoms with Crippen LogP contribution in [0.4, 0.5) is 8.78 Å². The molecule has 0 atom stereocenters. The summed E-state index contributed by atoms with van der Waals surface area (Å²) >= 11 is 3.23. The molecule has 2 heterocycles. The van der Waals surface area contributed by atoms with Crippen LogP contribution in [-0.4, -0.2) is 27.6 Å². The Morgan fingerprint density at radius 2 is 2.05 bits per heavy atom. The number of hydrogen-bond acceptors (Lipinski definition) is 3. The SMILES string of the molecule is O=C(NNC(=O)C(F)F)c1ncc2ccc(Br)cn12. The van der Waals surface area contributed by atoms with Crippen molar-refractivity contribution in [3.05, 3.63) is 34.8 Å². The van der Waals surface area contributed by atoms with Crippen LogP contribution in [0.2, 0.25) is 0 Å². The number of rotatable bonds is 2. The number of carbonyl (C=O) groups is 2. The monoisotopic (exact) mass is 332 g/mol. The summed E-state index contributed by atoms with van der Waals surface area (Å²) in [7, 11) is 0. The van der Waals surface area contributed by atoms with Gasteiger partial charge in [0, 0.05) is 10.7 Å². The predicted molar refractivity (Wildman–Crippen MR) is 64.5 cm³/mol. The molecule has 6 nitrogen and oxygen atoms in total. The average molecular weight is 333 g/mol. The Morgan fingerprint density at radius 1 is 1.32 bits per heavy atom. The summed E-state index contributed by atoms with van der Waals surface area (Å²) in [5, 5.41) is 0. The van der Waals surface area contributed by atoms with Gasteiger partial charge in [0.05, 0.1) is 11.7 Å². The average Bonchev–Trinajstić information content (AvgIpc) is 2.78. The Balaban J connectivity index is 2.18. The van der Waals surface area contributed by atoms with E-state index in [1.54, 1.807) is 23.8 Å². The molecule has 0 aliphatic carbocycles. The molecule has 0 radical (unpaired) electrons. The second-order valence-electron chi connectivity index (χ2n) is 3.47. The fourth-order valence-electron chi connectivity index (χ4n) is 1.36. The molecule has 0 spiro atoms. The van der Waals surface area contributed by atoms with Gasteiger partial charge in [-0.25, -0.2) is 4.98 Å². The number of hydrogen-bond donors (Lipinski definition) is 2. The number of pyridine rings is 1. The van der Waals surface area contributed by atoms with Crippen LogP contribution >= 0.6 is 15.9 Å². The molecule has 0 unspecified atom stereocenters. The third-order valence-electron chi connectivity index (χ3n) is 2.19. The smallest absolute Gasteiger partial charge is 0.295 e. The third-order valence-corrected chi connectivity index (χ3v) is 2.66. The highest BCUT2D eigenvalue weighted by Crippen LogP contribution is 2.13. The van der Waals surface area contributed by atoms with Crippen LogP contribution in [0.1, 0.15) is 10.6 Å². The van der Waals surface area contributed by atoms with E-state index in [1.165, 1.54) is 10.6 Å². The maximum Gasteiger partial charge on any atom is 0.317 e. The standard InChI is InChI=1S/C10H7BrF2N4O2/c11-5-1-2-6-3-14-8(17(6)4-5)10(19)16-15-9(18)7(12)13/h1-4,7H,(H,15,18)(H,16,19). The van der Waals surface area contributed by atoms with Crippen molar-refractivity contribution < 1.29 is 18.4 Å². The van der Waals surface area contributed by atoms with Gasteiger partial charge in [-0.15, -0.1) is 0 Å². The zero-order valence-corrected chi connectivity index (χ0v) is 10.8. The summed E-state index contributed by atoms with van der Waals surface area (Å²) in [5.74, 6) is -2.42. The normalized spacial score (nSPS) is 10.7. The van der Waals surface area contributed by atoms with Crippen LogP contribution in [0.5, 0.6) is 0 Å². The lowest BCUT2D eigenvalue weighted by Crippen LogP contribution is -2.44. The van der Waals surface area contributed by atoms with Crippen LogP contribution in [0.15, 0.2) is 29.0 Å². The first-order valence-corrected chi connectivity index (χ1v) is 5.79. The summed E-state index contributed by atoms with van der Waals surface area (Å²) in [6, 6.07) is 3.48. The molecule has 0 bridgehead atoms. The van der Waals surface area contributed by atoms with Gasteiger partial charge in [-0.1, -0.05) is 0 Å². The fraction of sp³-hybridized carbons (Fsp3) is 0.100. The predicted octanol–water partition coefficient (Wildman–Crippen LogP) is 1.12. The molecular weight excluding hydrogens is 326 g/mol. The molecule has 2 N–H and O–H groups in total. The van der Waals surface area contributed by atoms with Gasteiger partial charge in [0.2, 0.25) is 5.82 Å². The Bertz CT molecular complexity index is 643. The van der Waals surface area contributed by atoms with Crippen molar-refractivity contribution in [1.82, 2.24) is 20.2 Å². The van der Waals surface area contributed by atoms with E-state index >= 15 is 0 Å². The van der Waals surface area contributed by atoms with E-state index in [9.17, 15) is 18.4 Å². The lowest BCUT2D eigenvalue weighted by atomic mass is 10.4. The molecule has 2 aromatic heterocycles. The fourth-order valence-corrected chi connectivity index (χ4v) is 1.70. The zero-order valence-electron chi connectivity index (χ0n) is 9.23. The van der Waals surface area contributed by atoms with E-state index in [0.717, 1.165) is 0 Å². The second-order valence-corrected chi connectivity index (χ2v) is 4.38. The van der Waals surface area contributed by atoms with E-state index in [2.05, 4.69) is 20.9 Å². The van der Waals surface area contributed by atoms with Crippen molar-refractivity contribution in [2.45, 2.75) is 6.43 Å². The maximum atomic E-state index is 11.9. The molecule has 0 saturated heterocycles. The molecule has 0 aliphatic heterocycles. The number of imidazole rings is 1. The van der Waals surface area contributed by atoms with Crippen molar-refractivity contribution in [2.75, 3.05) is 0 Å². The number of nitrogens with zero attached hydrogens (tertiary/aromatic N) is 2. The van der Waals surface area contributed by atoms with E-state index in [-0.39, 0.29) is 5.82 Å². The highest BCUT2D eigenvalue weighted by atomic mass is 79.9. The molecule has 2 amide bonds. The van der Waals surface area contributed by atoms with Gasteiger partial charge in [-0.2, -0.15) is 8.78 Å². The number of amides is 2. The lowest BCUT2D eigenvalue weighted by molar-refractivity contribution is -0.132. The summed E-state index contributed by atoms with van der Waals surface area (Å²) in [5.41, 5.74) is 4.10. The highest BCUT2D eigenvalue weighted by Gasteiger charge is 2.18. The van der Waals surface area contributed by atoms with Crippen molar-refractivity contribution in [3.63, 3.8) is 0 Å². The zero-order chi connectivity index (χ0) is 14.0. The molecule has 0 saturated carbocycles. The van der Waals surface area contributed by atoms with Crippen LogP contribution < -0.4 is 10.9 Å². The molecule has 100 valence electrons. The van der Waals surface area contributed by atoms with E-state index < -0.39 is 18.2 Å². The van der Waals surface area contributed by atoms with Gasteiger partial charge in [-0.05, 0) is 28.1 Å². The minimum Gasteiger partial charge on any atom is -0.295 e. The third kappa shape index (κ3) is 2.87. The van der Waals surface area contributed by atoms with Gasteiger partial charge in [0.25, 0.3) is 0 Å². The molecule has 0 aliphatic rings. The van der Waals surface area contributed by atoms with Crippen LogP contribution in [0, 0.1) is 0 Å². The van der Waals surface area contributed by atoms with Gasteiger partial charge < -0.3 is 0 Å². The number of halogens is 3. The van der Waals surface area contributed by atoms with Crippen LogP contribution in [0.25, 0.3) is 5.52 Å². The molecule has 0 fully saturated rings. The van der Waals surface area contributed by atoms with Crippen molar-refractivity contribution in [3.8, 4) is 0 Å². The van der Waals surface area contributed by atoms with Gasteiger partial charge in [-0.3, -0.25) is 24.8 Å². The number of hydrazine groups is 1. The highest BCUT2D eigenvalue weighted by molar-refractivity contribution is 9.10. The van der Waals surface area contributed by atoms with Crippen molar-refractivity contribution in [2.24, 2.45) is 0 Å². The number of nitrogens with one attached hydrogen (secondary N) is 2. The minimum atomic E-state index is -3.20. The van der Waals surface area contributed by atoms with E-state index in [4.69, 9.17) is 0 Å². The summed E-state index contributed by atoms with van der Waals surface area (Å²) in [6.07, 6.45) is -0.172. The Morgan fingerprint density at radius 3 is 2.74 bits per heavy atom. The number of aromatic nitrogens is 2. The summed E-state index contributed by atoms with van der Waals surface area (Å²) < 4.78 is 26.0. The van der Waals surface area contributed by atoms with Crippen molar-refractivity contribution in [1.29, 1.82) is 0 Å². The summed E-state index contributed by atoms with van der Waals surface area (Å²) in [4.78, 5) is 26.2. The van der Waals surface area contributed by atoms with E-state index in [0.29, 0.717) is 9.99 Å².